The molecular formula is C32H48FN5O4Si. The molecule has 9 nitrogen and oxygen atoms in total. The van der Waals surface area contributed by atoms with Crippen molar-refractivity contribution in [3.63, 3.8) is 0 Å². The van der Waals surface area contributed by atoms with Crippen LogP contribution in [-0.2, 0) is 15.6 Å². The largest absolute Gasteiger partial charge is 0.492 e. The molecule has 0 bridgehead atoms. The van der Waals surface area contributed by atoms with Crippen molar-refractivity contribution < 1.29 is 23.1 Å². The minimum Gasteiger partial charge on any atom is -0.492 e. The first-order valence-electron chi connectivity index (χ1n) is 15.1. The van der Waals surface area contributed by atoms with E-state index in [1.165, 1.54) is 0 Å². The van der Waals surface area contributed by atoms with Crippen molar-refractivity contribution in [2.24, 2.45) is 0 Å². The fraction of sp³-hybridized carbons (Fsp3) is 0.594. The van der Waals surface area contributed by atoms with E-state index in [2.05, 4.69) is 54.5 Å². The molecule has 0 aliphatic carbocycles. The highest BCUT2D eigenvalue weighted by atomic mass is 28.4. The summed E-state index contributed by atoms with van der Waals surface area (Å²) in [6.07, 6.45) is 3.35. The van der Waals surface area contributed by atoms with Crippen LogP contribution in [0.15, 0.2) is 18.2 Å². The van der Waals surface area contributed by atoms with Crippen LogP contribution in [0, 0.1) is 12.7 Å². The fourth-order valence-corrected chi connectivity index (χ4v) is 6.01. The van der Waals surface area contributed by atoms with Gasteiger partial charge in [0, 0.05) is 37.3 Å². The summed E-state index contributed by atoms with van der Waals surface area (Å²) in [5.74, 6) is 1.08. The maximum absolute atomic E-state index is 16.4. The number of amides is 1. The van der Waals surface area contributed by atoms with Gasteiger partial charge in [0.15, 0.2) is 14.1 Å². The standard InChI is InChI=1S/C32H48FN5O4Si/c1-20-17-25(34-8)37-29(35-20)36-24-18-22-14-16-40-28(22)26(27(24)33)21-11-12-23(19-41-43(9,10)32(5,6)7)38(15-13-21)30(39)42-31(2,3)4/h13,17-18,23H,11-12,14-16,19H2,1-10H3,(H2,34,35,36,37). The van der Waals surface area contributed by atoms with Crippen molar-refractivity contribution in [2.45, 2.75) is 97.5 Å². The van der Waals surface area contributed by atoms with Crippen LogP contribution in [-0.4, -0.2) is 67.7 Å². The Kier molecular flexibility index (Phi) is 9.46. The molecule has 0 saturated heterocycles. The first-order valence-corrected chi connectivity index (χ1v) is 18.0. The van der Waals surface area contributed by atoms with Gasteiger partial charge in [0.25, 0.3) is 0 Å². The van der Waals surface area contributed by atoms with E-state index in [1.807, 2.05) is 39.8 Å². The number of anilines is 3. The number of carbonyl (C=O) groups excluding carboxylic acids is 1. The maximum Gasteiger partial charge on any atom is 0.410 e. The van der Waals surface area contributed by atoms with Crippen LogP contribution in [0.2, 0.25) is 18.1 Å². The van der Waals surface area contributed by atoms with Gasteiger partial charge in [0.1, 0.15) is 17.2 Å². The highest BCUT2D eigenvalue weighted by Crippen LogP contribution is 2.43. The van der Waals surface area contributed by atoms with Crippen molar-refractivity contribution in [1.82, 2.24) is 14.9 Å². The van der Waals surface area contributed by atoms with E-state index in [4.69, 9.17) is 13.9 Å². The Morgan fingerprint density at radius 2 is 1.88 bits per heavy atom. The third-order valence-electron chi connectivity index (χ3n) is 8.38. The first-order chi connectivity index (χ1) is 20.0. The van der Waals surface area contributed by atoms with Gasteiger partial charge in [-0.25, -0.2) is 14.2 Å². The number of allylic oxidation sites excluding steroid dienone is 1. The van der Waals surface area contributed by atoms with E-state index in [9.17, 15) is 4.79 Å². The van der Waals surface area contributed by atoms with Gasteiger partial charge in [-0.3, -0.25) is 4.90 Å². The maximum atomic E-state index is 16.4. The van der Waals surface area contributed by atoms with Gasteiger partial charge in [-0.15, -0.1) is 0 Å². The second-order valence-corrected chi connectivity index (χ2v) is 18.7. The van der Waals surface area contributed by atoms with Crippen LogP contribution in [0.1, 0.15) is 71.2 Å². The minimum absolute atomic E-state index is 0.0291. The summed E-state index contributed by atoms with van der Waals surface area (Å²) in [7, 11) is -0.298. The van der Waals surface area contributed by atoms with Gasteiger partial charge in [-0.05, 0) is 70.3 Å². The number of halogens is 1. The molecule has 1 aromatic carbocycles. The molecule has 2 N–H and O–H groups in total. The molecular weight excluding hydrogens is 565 g/mol. The molecule has 0 saturated carbocycles. The molecule has 4 rings (SSSR count). The number of benzene rings is 1. The smallest absolute Gasteiger partial charge is 0.410 e. The summed E-state index contributed by atoms with van der Waals surface area (Å²) < 4.78 is 34.8. The van der Waals surface area contributed by atoms with Gasteiger partial charge >= 0.3 is 6.09 Å². The normalized spacial score (nSPS) is 17.5. The predicted octanol–water partition coefficient (Wildman–Crippen LogP) is 7.45. The Balaban J connectivity index is 1.69. The summed E-state index contributed by atoms with van der Waals surface area (Å²) in [6.45, 7) is 19.6. The molecule has 11 heteroatoms. The number of nitrogens with zero attached hydrogens (tertiary/aromatic N) is 3. The monoisotopic (exact) mass is 613 g/mol. The van der Waals surface area contributed by atoms with Crippen molar-refractivity contribution >= 4 is 37.4 Å². The highest BCUT2D eigenvalue weighted by Gasteiger charge is 2.39. The lowest BCUT2D eigenvalue weighted by Gasteiger charge is -2.39. The number of hydrogen-bond donors (Lipinski definition) is 2. The number of aryl methyl sites for hydroxylation is 1. The van der Waals surface area contributed by atoms with Gasteiger partial charge in [-0.1, -0.05) is 26.8 Å². The number of aromatic nitrogens is 2. The van der Waals surface area contributed by atoms with Crippen molar-refractivity contribution in [3.05, 3.63) is 40.8 Å². The summed E-state index contributed by atoms with van der Waals surface area (Å²) in [5.41, 5.74) is 2.54. The lowest BCUT2D eigenvalue weighted by molar-refractivity contribution is 0.0128. The molecule has 0 spiro atoms. The molecule has 0 fully saturated rings. The van der Waals surface area contributed by atoms with Crippen molar-refractivity contribution in [1.29, 1.82) is 0 Å². The topological polar surface area (TPSA) is 97.8 Å². The Labute approximate surface area is 256 Å². The zero-order valence-electron chi connectivity index (χ0n) is 27.4. The molecule has 0 radical (unpaired) electrons. The lowest BCUT2D eigenvalue weighted by Crippen LogP contribution is -2.49. The Morgan fingerprint density at radius 1 is 1.16 bits per heavy atom. The molecule has 1 unspecified atom stereocenters. The second kappa shape index (κ2) is 12.4. The number of nitrogens with one attached hydrogen (secondary N) is 2. The Hall–Kier alpha value is -3.18. The van der Waals surface area contributed by atoms with Gasteiger partial charge in [0.05, 0.1) is 30.5 Å². The molecule has 2 aromatic rings. The van der Waals surface area contributed by atoms with Crippen molar-refractivity contribution in [3.8, 4) is 5.75 Å². The summed E-state index contributed by atoms with van der Waals surface area (Å²) >= 11 is 0. The zero-order chi connectivity index (χ0) is 31.7. The van der Waals surface area contributed by atoms with E-state index in [1.54, 1.807) is 18.0 Å². The number of carbonyl (C=O) groups is 1. The van der Waals surface area contributed by atoms with Crippen LogP contribution in [0.5, 0.6) is 5.75 Å². The first kappa shape index (κ1) is 32.7. The van der Waals surface area contributed by atoms with Crippen LogP contribution in [0.25, 0.3) is 5.57 Å². The minimum atomic E-state index is -2.08. The molecule has 1 aromatic heterocycles. The quantitative estimate of drug-likeness (QED) is 0.311. The summed E-state index contributed by atoms with van der Waals surface area (Å²) in [4.78, 5) is 24.1. The zero-order valence-corrected chi connectivity index (χ0v) is 28.4. The van der Waals surface area contributed by atoms with Gasteiger partial charge in [-0.2, -0.15) is 4.98 Å². The Bertz CT molecular complexity index is 1380. The average molecular weight is 614 g/mol. The van der Waals surface area contributed by atoms with E-state index in [-0.39, 0.29) is 17.6 Å². The third kappa shape index (κ3) is 7.67. The predicted molar refractivity (Wildman–Crippen MR) is 172 cm³/mol. The lowest BCUT2D eigenvalue weighted by atomic mass is 9.95. The highest BCUT2D eigenvalue weighted by molar-refractivity contribution is 6.74. The van der Waals surface area contributed by atoms with Crippen LogP contribution < -0.4 is 15.4 Å². The number of hydrogen-bond acceptors (Lipinski definition) is 8. The molecule has 1 amide bonds. The SMILES string of the molecule is CNc1cc(C)nc(Nc2cc3c(c(C4=CCN(C(=O)OC(C)(C)C)C(CO[Si](C)(C)C(C)(C)C)CC4)c2F)OCC3)n1. The van der Waals surface area contributed by atoms with Gasteiger partial charge in [0.2, 0.25) is 5.95 Å². The number of ether oxygens (including phenoxy) is 2. The van der Waals surface area contributed by atoms with Gasteiger partial charge < -0.3 is 24.5 Å². The molecule has 236 valence electrons. The summed E-state index contributed by atoms with van der Waals surface area (Å²) in [6, 6.07) is 3.38. The van der Waals surface area contributed by atoms with E-state index >= 15 is 4.39 Å². The molecule has 43 heavy (non-hydrogen) atoms. The number of rotatable bonds is 7. The van der Waals surface area contributed by atoms with E-state index in [0.29, 0.717) is 61.2 Å². The third-order valence-corrected chi connectivity index (χ3v) is 12.9. The van der Waals surface area contributed by atoms with E-state index in [0.717, 1.165) is 16.8 Å². The molecule has 3 heterocycles. The molecule has 2 aliphatic heterocycles. The van der Waals surface area contributed by atoms with Crippen LogP contribution in [0.4, 0.5) is 26.6 Å². The van der Waals surface area contributed by atoms with Crippen LogP contribution >= 0.6 is 0 Å². The van der Waals surface area contributed by atoms with Crippen LogP contribution in [0.3, 0.4) is 0 Å². The van der Waals surface area contributed by atoms with Crippen molar-refractivity contribution in [2.75, 3.05) is 37.4 Å². The fourth-order valence-electron chi connectivity index (χ4n) is 4.97. The number of fused-ring (bicyclic) bond motifs is 1. The second-order valence-electron chi connectivity index (χ2n) is 13.9. The Morgan fingerprint density at radius 3 is 2.53 bits per heavy atom. The molecule has 2 aliphatic rings. The van der Waals surface area contributed by atoms with E-state index < -0.39 is 25.8 Å². The molecule has 1 atom stereocenters. The average Bonchev–Trinajstić information content (AvgIpc) is 3.24. The summed E-state index contributed by atoms with van der Waals surface area (Å²) in [5, 5.41) is 6.15.